The molecule has 1 amide bonds. The summed E-state index contributed by atoms with van der Waals surface area (Å²) in [6.45, 7) is 5.25. The van der Waals surface area contributed by atoms with E-state index in [2.05, 4.69) is 28.6 Å². The smallest absolute Gasteiger partial charge is 0.406 e. The normalized spacial score (nSPS) is 8.00. The highest BCUT2D eigenvalue weighted by Gasteiger charge is 1.93. The zero-order chi connectivity index (χ0) is 9.82. The van der Waals surface area contributed by atoms with Gasteiger partial charge in [0.15, 0.2) is 0 Å². The molecule has 4 heteroatoms. The van der Waals surface area contributed by atoms with Crippen molar-refractivity contribution < 1.29 is 14.3 Å². The second kappa shape index (κ2) is 12.9. The summed E-state index contributed by atoms with van der Waals surface area (Å²) in [5, 5.41) is 2.45. The van der Waals surface area contributed by atoms with E-state index >= 15 is 0 Å². The summed E-state index contributed by atoms with van der Waals surface area (Å²) in [5.41, 5.74) is 0. The zero-order valence-electron chi connectivity index (χ0n) is 8.35. The van der Waals surface area contributed by atoms with E-state index in [-0.39, 0.29) is 0 Å². The van der Waals surface area contributed by atoms with Crippen molar-refractivity contribution in [2.45, 2.75) is 20.3 Å². The molecule has 0 aromatic heterocycles. The molecule has 0 heterocycles. The van der Waals surface area contributed by atoms with Crippen molar-refractivity contribution in [3.63, 3.8) is 0 Å². The molecule has 4 nitrogen and oxygen atoms in total. The van der Waals surface area contributed by atoms with Crippen molar-refractivity contribution in [2.24, 2.45) is 0 Å². The Labute approximate surface area is 74.2 Å². The van der Waals surface area contributed by atoms with Crippen LogP contribution in [0.3, 0.4) is 0 Å². The van der Waals surface area contributed by atoms with Crippen LogP contribution >= 0.6 is 0 Å². The summed E-state index contributed by atoms with van der Waals surface area (Å²) in [4.78, 5) is 10.3. The van der Waals surface area contributed by atoms with Crippen molar-refractivity contribution in [2.75, 3.05) is 27.4 Å². The van der Waals surface area contributed by atoms with Gasteiger partial charge in [-0.3, -0.25) is 0 Å². The molecule has 12 heavy (non-hydrogen) atoms. The fourth-order valence-electron chi connectivity index (χ4n) is 0.327. The SMILES string of the molecule is CCC.COCCNC(=O)OC. The van der Waals surface area contributed by atoms with Crippen LogP contribution in [0.4, 0.5) is 4.79 Å². The van der Waals surface area contributed by atoms with Gasteiger partial charge in [-0.25, -0.2) is 4.79 Å². The van der Waals surface area contributed by atoms with Crippen molar-refractivity contribution in [1.29, 1.82) is 0 Å². The standard InChI is InChI=1S/C5H11NO3.C3H8/c1-8-4-3-6-5(7)9-2;1-3-2/h3-4H2,1-2H3,(H,6,7);3H2,1-2H3. The maximum atomic E-state index is 10.3. The van der Waals surface area contributed by atoms with E-state index in [0.29, 0.717) is 13.2 Å². The minimum absolute atomic E-state index is 0.424. The van der Waals surface area contributed by atoms with Gasteiger partial charge in [0, 0.05) is 13.7 Å². The molecule has 0 aliphatic heterocycles. The quantitative estimate of drug-likeness (QED) is 0.663. The molecule has 0 bridgehead atoms. The van der Waals surface area contributed by atoms with Crippen LogP contribution < -0.4 is 5.32 Å². The molecular weight excluding hydrogens is 158 g/mol. The predicted molar refractivity (Wildman–Crippen MR) is 48.2 cm³/mol. The molecule has 0 aliphatic rings. The lowest BCUT2D eigenvalue weighted by molar-refractivity contribution is 0.160. The second-order valence-corrected chi connectivity index (χ2v) is 2.12. The largest absolute Gasteiger partial charge is 0.453 e. The van der Waals surface area contributed by atoms with Gasteiger partial charge in [-0.15, -0.1) is 0 Å². The second-order valence-electron chi connectivity index (χ2n) is 2.12. The fourth-order valence-corrected chi connectivity index (χ4v) is 0.327. The summed E-state index contributed by atoms with van der Waals surface area (Å²) in [7, 11) is 2.89. The van der Waals surface area contributed by atoms with Gasteiger partial charge in [-0.1, -0.05) is 20.3 Å². The molecule has 0 aromatic carbocycles. The number of carbonyl (C=O) groups is 1. The Morgan fingerprint density at radius 1 is 1.33 bits per heavy atom. The van der Waals surface area contributed by atoms with Crippen molar-refractivity contribution in [3.8, 4) is 0 Å². The molecule has 0 aromatic rings. The van der Waals surface area contributed by atoms with Crippen LogP contribution in [0, 0.1) is 0 Å². The first-order chi connectivity index (χ1) is 5.72. The average molecular weight is 177 g/mol. The van der Waals surface area contributed by atoms with E-state index in [9.17, 15) is 4.79 Å². The molecule has 0 rings (SSSR count). The third kappa shape index (κ3) is 16.1. The summed E-state index contributed by atoms with van der Waals surface area (Å²) in [5.74, 6) is 0. The maximum Gasteiger partial charge on any atom is 0.406 e. The lowest BCUT2D eigenvalue weighted by Crippen LogP contribution is -2.26. The highest BCUT2D eigenvalue weighted by molar-refractivity contribution is 5.66. The van der Waals surface area contributed by atoms with Crippen LogP contribution in [0.2, 0.25) is 0 Å². The molecule has 0 spiro atoms. The number of amides is 1. The number of nitrogens with one attached hydrogen (secondary N) is 1. The average Bonchev–Trinajstić information content (AvgIpc) is 2.06. The van der Waals surface area contributed by atoms with Crippen LogP contribution in [-0.4, -0.2) is 33.5 Å². The van der Waals surface area contributed by atoms with Gasteiger partial charge in [0.25, 0.3) is 0 Å². The van der Waals surface area contributed by atoms with Crippen molar-refractivity contribution >= 4 is 6.09 Å². The zero-order valence-corrected chi connectivity index (χ0v) is 8.35. The Hall–Kier alpha value is -0.770. The number of ether oxygens (including phenoxy) is 2. The van der Waals surface area contributed by atoms with Gasteiger partial charge in [-0.05, 0) is 0 Å². The third-order valence-corrected chi connectivity index (χ3v) is 0.761. The van der Waals surface area contributed by atoms with Gasteiger partial charge in [0.2, 0.25) is 0 Å². The van der Waals surface area contributed by atoms with Gasteiger partial charge in [0.05, 0.1) is 13.7 Å². The Kier molecular flexibility index (Phi) is 14.8. The van der Waals surface area contributed by atoms with Crippen molar-refractivity contribution in [3.05, 3.63) is 0 Å². The fraction of sp³-hybridized carbons (Fsp3) is 0.875. The van der Waals surface area contributed by atoms with E-state index in [0.717, 1.165) is 0 Å². The molecule has 0 saturated heterocycles. The van der Waals surface area contributed by atoms with E-state index in [1.165, 1.54) is 13.5 Å². The highest BCUT2D eigenvalue weighted by atomic mass is 16.5. The van der Waals surface area contributed by atoms with Crippen LogP contribution in [0.1, 0.15) is 20.3 Å². The van der Waals surface area contributed by atoms with Crippen molar-refractivity contribution in [1.82, 2.24) is 5.32 Å². The van der Waals surface area contributed by atoms with E-state index in [4.69, 9.17) is 0 Å². The molecule has 0 radical (unpaired) electrons. The van der Waals surface area contributed by atoms with Crippen LogP contribution in [0.25, 0.3) is 0 Å². The lowest BCUT2D eigenvalue weighted by atomic mass is 10.6. The first-order valence-corrected chi connectivity index (χ1v) is 4.03. The summed E-state index contributed by atoms with van der Waals surface area (Å²) in [6, 6.07) is 0. The molecule has 0 saturated carbocycles. The van der Waals surface area contributed by atoms with Crippen LogP contribution in [-0.2, 0) is 9.47 Å². The summed E-state index contributed by atoms with van der Waals surface area (Å²) >= 11 is 0. The first kappa shape index (κ1) is 13.8. The molecule has 1 N–H and O–H groups in total. The number of rotatable bonds is 3. The van der Waals surface area contributed by atoms with E-state index in [1.54, 1.807) is 7.11 Å². The molecular formula is C8H19NO3. The number of hydrogen-bond acceptors (Lipinski definition) is 3. The molecule has 0 atom stereocenters. The minimum Gasteiger partial charge on any atom is -0.453 e. The highest BCUT2D eigenvalue weighted by Crippen LogP contribution is 1.69. The summed E-state index contributed by atoms with van der Waals surface area (Å²) < 4.78 is 8.96. The molecule has 0 fully saturated rings. The Bertz CT molecular complexity index is 96.3. The monoisotopic (exact) mass is 177 g/mol. The first-order valence-electron chi connectivity index (χ1n) is 4.03. The minimum atomic E-state index is -0.424. The third-order valence-electron chi connectivity index (χ3n) is 0.761. The number of hydrogen-bond donors (Lipinski definition) is 1. The summed E-state index contributed by atoms with van der Waals surface area (Å²) in [6.07, 6.45) is 0.826. The van der Waals surface area contributed by atoms with Crippen LogP contribution in [0.15, 0.2) is 0 Å². The van der Waals surface area contributed by atoms with Gasteiger partial charge in [-0.2, -0.15) is 0 Å². The number of methoxy groups -OCH3 is 2. The van der Waals surface area contributed by atoms with Crippen LogP contribution in [0.5, 0.6) is 0 Å². The van der Waals surface area contributed by atoms with Gasteiger partial charge < -0.3 is 14.8 Å². The van der Waals surface area contributed by atoms with E-state index < -0.39 is 6.09 Å². The van der Waals surface area contributed by atoms with Gasteiger partial charge >= 0.3 is 6.09 Å². The lowest BCUT2D eigenvalue weighted by Gasteiger charge is -2.00. The molecule has 0 aliphatic carbocycles. The Morgan fingerprint density at radius 3 is 2.17 bits per heavy atom. The number of carbonyl (C=O) groups excluding carboxylic acids is 1. The van der Waals surface area contributed by atoms with E-state index in [1.807, 2.05) is 0 Å². The maximum absolute atomic E-state index is 10.3. The number of alkyl carbamates (subject to hydrolysis) is 1. The Balaban J connectivity index is 0. The predicted octanol–water partition coefficient (Wildman–Crippen LogP) is 1.41. The van der Waals surface area contributed by atoms with Gasteiger partial charge in [0.1, 0.15) is 0 Å². The Morgan fingerprint density at radius 2 is 1.83 bits per heavy atom. The topological polar surface area (TPSA) is 47.6 Å². The molecule has 0 unspecified atom stereocenters. The molecule has 74 valence electrons.